The molecular formula is C12H7ClF7. The van der Waals surface area contributed by atoms with Gasteiger partial charge in [0.25, 0.3) is 0 Å². The van der Waals surface area contributed by atoms with Crippen LogP contribution in [0, 0.1) is 6.07 Å². The van der Waals surface area contributed by atoms with Crippen molar-refractivity contribution in [2.45, 2.75) is 37.3 Å². The van der Waals surface area contributed by atoms with Crippen LogP contribution in [-0.2, 0) is 18.5 Å². The Morgan fingerprint density at radius 2 is 1.50 bits per heavy atom. The fourth-order valence-electron chi connectivity index (χ4n) is 2.35. The van der Waals surface area contributed by atoms with Gasteiger partial charge in [0.15, 0.2) is 0 Å². The molecule has 20 heavy (non-hydrogen) atoms. The third kappa shape index (κ3) is 2.16. The molecule has 1 aromatic rings. The zero-order chi connectivity index (χ0) is 15.3. The molecule has 0 aliphatic heterocycles. The van der Waals surface area contributed by atoms with Gasteiger partial charge in [-0.05, 0) is 36.5 Å². The molecular weight excluding hydrogens is 313 g/mol. The quantitative estimate of drug-likeness (QED) is 0.645. The summed E-state index contributed by atoms with van der Waals surface area (Å²) >= 11 is 5.48. The first-order valence-corrected chi connectivity index (χ1v) is 5.92. The summed E-state index contributed by atoms with van der Waals surface area (Å²) in [6, 6.07) is 2.83. The summed E-state index contributed by atoms with van der Waals surface area (Å²) in [5, 5.41) is -0.462. The highest BCUT2D eigenvalue weighted by atomic mass is 35.5. The molecule has 1 aromatic carbocycles. The molecule has 0 nitrogen and oxygen atoms in total. The van der Waals surface area contributed by atoms with Gasteiger partial charge in [0.1, 0.15) is 0 Å². The van der Waals surface area contributed by atoms with E-state index in [4.69, 9.17) is 11.6 Å². The van der Waals surface area contributed by atoms with Crippen molar-refractivity contribution in [3.05, 3.63) is 33.8 Å². The number of fused-ring (bicyclic) bond motifs is 1. The SMILES string of the molecule is FC(F)(F)C(F)(c1cc(Cl)[c]c2c1CCC2)C(F)(F)F. The lowest BCUT2D eigenvalue weighted by atomic mass is 9.88. The summed E-state index contributed by atoms with van der Waals surface area (Å²) in [5.41, 5.74) is -7.07. The van der Waals surface area contributed by atoms with E-state index in [2.05, 4.69) is 6.07 Å². The normalized spacial score (nSPS) is 16.4. The topological polar surface area (TPSA) is 0 Å². The second kappa shape index (κ2) is 4.51. The third-order valence-electron chi connectivity index (χ3n) is 3.24. The zero-order valence-corrected chi connectivity index (χ0v) is 10.5. The zero-order valence-electron chi connectivity index (χ0n) is 9.72. The Morgan fingerprint density at radius 1 is 0.950 bits per heavy atom. The van der Waals surface area contributed by atoms with Gasteiger partial charge in [-0.1, -0.05) is 11.6 Å². The Bertz CT molecular complexity index is 516. The maximum atomic E-state index is 14.1. The van der Waals surface area contributed by atoms with Crippen LogP contribution in [0.4, 0.5) is 30.7 Å². The van der Waals surface area contributed by atoms with Gasteiger partial charge in [-0.3, -0.25) is 0 Å². The molecule has 0 aromatic heterocycles. The highest BCUT2D eigenvalue weighted by Crippen LogP contribution is 2.55. The monoisotopic (exact) mass is 319 g/mol. The molecule has 2 rings (SSSR count). The van der Waals surface area contributed by atoms with E-state index in [0.29, 0.717) is 12.5 Å². The summed E-state index contributed by atoms with van der Waals surface area (Å²) in [5.74, 6) is 0. The van der Waals surface area contributed by atoms with Crippen molar-refractivity contribution in [3.63, 3.8) is 0 Å². The van der Waals surface area contributed by atoms with Crippen LogP contribution >= 0.6 is 11.6 Å². The van der Waals surface area contributed by atoms with Gasteiger partial charge in [0.2, 0.25) is 0 Å². The molecule has 0 saturated carbocycles. The number of rotatable bonds is 1. The highest BCUT2D eigenvalue weighted by Gasteiger charge is 2.74. The molecule has 0 fully saturated rings. The van der Waals surface area contributed by atoms with Crippen molar-refractivity contribution in [2.24, 2.45) is 0 Å². The van der Waals surface area contributed by atoms with Crippen LogP contribution in [0.2, 0.25) is 5.02 Å². The Balaban J connectivity index is 2.75. The van der Waals surface area contributed by atoms with Gasteiger partial charge in [-0.15, -0.1) is 0 Å². The van der Waals surface area contributed by atoms with Crippen molar-refractivity contribution in [3.8, 4) is 0 Å². The predicted molar refractivity (Wildman–Crippen MR) is 57.2 cm³/mol. The maximum Gasteiger partial charge on any atom is 0.435 e. The molecule has 0 atom stereocenters. The number of aryl methyl sites for hydroxylation is 1. The lowest BCUT2D eigenvalue weighted by Gasteiger charge is -2.32. The van der Waals surface area contributed by atoms with Crippen LogP contribution in [0.25, 0.3) is 0 Å². The molecule has 0 heterocycles. The lowest BCUT2D eigenvalue weighted by molar-refractivity contribution is -0.348. The Kier molecular flexibility index (Phi) is 3.48. The standard InChI is InChI=1S/C12H7ClF7/c13-7-4-6-2-1-3-8(6)9(5-7)10(14,11(15,16)17)12(18,19)20/h5H,1-3H2. The largest absolute Gasteiger partial charge is 0.435 e. The molecule has 8 heteroatoms. The minimum Gasteiger partial charge on any atom is -0.218 e. The molecule has 0 unspecified atom stereocenters. The smallest absolute Gasteiger partial charge is 0.218 e. The predicted octanol–water partition coefficient (Wildman–Crippen LogP) is 4.92. The van der Waals surface area contributed by atoms with Crippen molar-refractivity contribution in [2.75, 3.05) is 0 Å². The summed E-state index contributed by atoms with van der Waals surface area (Å²) < 4.78 is 90.5. The fourth-order valence-corrected chi connectivity index (χ4v) is 2.57. The Morgan fingerprint density at radius 3 is 2.00 bits per heavy atom. The van der Waals surface area contributed by atoms with E-state index < -0.39 is 28.6 Å². The molecule has 1 aliphatic carbocycles. The summed E-state index contributed by atoms with van der Waals surface area (Å²) in [4.78, 5) is 0. The first-order chi connectivity index (χ1) is 8.98. The average Bonchev–Trinajstić information content (AvgIpc) is 2.71. The van der Waals surface area contributed by atoms with Gasteiger partial charge >= 0.3 is 18.0 Å². The van der Waals surface area contributed by atoms with E-state index in [1.807, 2.05) is 0 Å². The van der Waals surface area contributed by atoms with Gasteiger partial charge in [0.05, 0.1) is 0 Å². The van der Waals surface area contributed by atoms with E-state index in [0.717, 1.165) is 0 Å². The maximum absolute atomic E-state index is 14.1. The van der Waals surface area contributed by atoms with Crippen LogP contribution in [0.1, 0.15) is 23.1 Å². The first-order valence-electron chi connectivity index (χ1n) is 5.55. The number of alkyl halides is 7. The van der Waals surface area contributed by atoms with E-state index >= 15 is 0 Å². The van der Waals surface area contributed by atoms with Crippen molar-refractivity contribution < 1.29 is 30.7 Å². The highest BCUT2D eigenvalue weighted by molar-refractivity contribution is 6.30. The van der Waals surface area contributed by atoms with Crippen molar-refractivity contribution in [1.82, 2.24) is 0 Å². The molecule has 0 spiro atoms. The summed E-state index contributed by atoms with van der Waals surface area (Å²) in [6.45, 7) is 0. The second-order valence-electron chi connectivity index (χ2n) is 4.50. The molecule has 0 amide bonds. The van der Waals surface area contributed by atoms with Gasteiger partial charge in [0, 0.05) is 16.7 Å². The van der Waals surface area contributed by atoms with Crippen molar-refractivity contribution in [1.29, 1.82) is 0 Å². The molecule has 1 aliphatic rings. The molecule has 111 valence electrons. The average molecular weight is 320 g/mol. The molecule has 0 N–H and O–H groups in total. The Hall–Kier alpha value is -0.980. The number of hydrogen-bond acceptors (Lipinski definition) is 0. The van der Waals surface area contributed by atoms with Crippen LogP contribution in [0.15, 0.2) is 6.07 Å². The third-order valence-corrected chi connectivity index (χ3v) is 3.44. The summed E-state index contributed by atoms with van der Waals surface area (Å²) in [7, 11) is 0. The fraction of sp³-hybridized carbons (Fsp3) is 0.500. The molecule has 1 radical (unpaired) electrons. The van der Waals surface area contributed by atoms with E-state index in [1.165, 1.54) is 0 Å². The van der Waals surface area contributed by atoms with Crippen LogP contribution < -0.4 is 0 Å². The van der Waals surface area contributed by atoms with Crippen molar-refractivity contribution >= 4 is 11.6 Å². The van der Waals surface area contributed by atoms with Gasteiger partial charge in [-0.2, -0.15) is 26.3 Å². The first kappa shape index (κ1) is 15.4. The second-order valence-corrected chi connectivity index (χ2v) is 4.90. The molecule has 0 bridgehead atoms. The minimum atomic E-state index is -6.12. The van der Waals surface area contributed by atoms with E-state index in [9.17, 15) is 30.7 Å². The Labute approximate surface area is 114 Å². The van der Waals surface area contributed by atoms with Gasteiger partial charge < -0.3 is 0 Å². The number of benzene rings is 1. The van der Waals surface area contributed by atoms with Crippen LogP contribution in [0.3, 0.4) is 0 Å². The lowest BCUT2D eigenvalue weighted by Crippen LogP contribution is -2.51. The van der Waals surface area contributed by atoms with E-state index in [-0.39, 0.29) is 24.0 Å². The number of hydrogen-bond donors (Lipinski definition) is 0. The number of halogens is 8. The van der Waals surface area contributed by atoms with E-state index in [1.54, 1.807) is 0 Å². The summed E-state index contributed by atoms with van der Waals surface area (Å²) in [6.07, 6.45) is -11.7. The van der Waals surface area contributed by atoms with Crippen LogP contribution in [0.5, 0.6) is 0 Å². The molecule has 0 saturated heterocycles. The van der Waals surface area contributed by atoms with Crippen LogP contribution in [-0.4, -0.2) is 12.4 Å². The van der Waals surface area contributed by atoms with Gasteiger partial charge in [-0.25, -0.2) is 4.39 Å². The minimum absolute atomic E-state index is 0.0594.